The number of rotatable bonds is 2. The number of hydrogen-bond acceptors (Lipinski definition) is 4. The highest BCUT2D eigenvalue weighted by molar-refractivity contribution is 5.72. The number of aromatic amines is 1. The summed E-state index contributed by atoms with van der Waals surface area (Å²) in [5.41, 5.74) is 0.559. The first-order valence-corrected chi connectivity index (χ1v) is 4.31. The number of nitrogens with one attached hydrogen (secondary N) is 1. The number of aldehydes is 1. The number of aromatic nitrogens is 2. The molecule has 5 nitrogen and oxygen atoms in total. The maximum absolute atomic E-state index is 11.2. The van der Waals surface area contributed by atoms with E-state index in [-0.39, 0.29) is 17.1 Å². The number of H-pyrrole nitrogens is 1. The summed E-state index contributed by atoms with van der Waals surface area (Å²) in [6.07, 6.45) is 2.02. The second kappa shape index (κ2) is 3.53. The number of aryl methyl sites for hydroxylation is 1. The zero-order valence-corrected chi connectivity index (χ0v) is 7.98. The molecule has 1 N–H and O–H groups in total. The molecule has 0 aliphatic carbocycles. The van der Waals surface area contributed by atoms with Crippen molar-refractivity contribution in [3.8, 4) is 11.6 Å². The third-order valence-corrected chi connectivity index (χ3v) is 1.96. The highest BCUT2D eigenvalue weighted by Crippen LogP contribution is 2.19. The molecule has 0 aromatic carbocycles. The number of nitrogens with zero attached hydrogens (tertiary/aromatic N) is 1. The Morgan fingerprint density at radius 2 is 2.33 bits per heavy atom. The molecule has 0 amide bonds. The average Bonchev–Trinajstić information content (AvgIpc) is 2.63. The van der Waals surface area contributed by atoms with Crippen LogP contribution >= 0.6 is 0 Å². The molecule has 0 saturated carbocycles. The normalized spacial score (nSPS) is 10.2. The van der Waals surface area contributed by atoms with Gasteiger partial charge in [0.25, 0.3) is 5.56 Å². The predicted octanol–water partition coefficient (Wildman–Crippen LogP) is 1.15. The van der Waals surface area contributed by atoms with E-state index >= 15 is 0 Å². The van der Waals surface area contributed by atoms with E-state index in [4.69, 9.17) is 4.42 Å². The van der Waals surface area contributed by atoms with Gasteiger partial charge in [-0.05, 0) is 18.6 Å². The lowest BCUT2D eigenvalue weighted by atomic mass is 10.2. The zero-order valence-electron chi connectivity index (χ0n) is 7.98. The predicted molar refractivity (Wildman–Crippen MR) is 52.7 cm³/mol. The van der Waals surface area contributed by atoms with E-state index in [1.165, 1.54) is 6.26 Å². The lowest BCUT2D eigenvalue weighted by Gasteiger charge is -1.98. The van der Waals surface area contributed by atoms with Crippen LogP contribution in [0.25, 0.3) is 11.6 Å². The summed E-state index contributed by atoms with van der Waals surface area (Å²) >= 11 is 0. The van der Waals surface area contributed by atoms with Crippen molar-refractivity contribution >= 4 is 6.29 Å². The van der Waals surface area contributed by atoms with Gasteiger partial charge >= 0.3 is 0 Å². The van der Waals surface area contributed by atoms with Crippen molar-refractivity contribution in [3.63, 3.8) is 0 Å². The van der Waals surface area contributed by atoms with E-state index in [9.17, 15) is 9.59 Å². The summed E-state index contributed by atoms with van der Waals surface area (Å²) in [5.74, 6) is 0.739. The number of hydrogen-bond donors (Lipinski definition) is 1. The molecule has 0 saturated heterocycles. The van der Waals surface area contributed by atoms with Gasteiger partial charge in [0.05, 0.1) is 6.26 Å². The molecule has 0 bridgehead atoms. The van der Waals surface area contributed by atoms with Crippen LogP contribution in [0.15, 0.2) is 27.6 Å². The van der Waals surface area contributed by atoms with Crippen molar-refractivity contribution < 1.29 is 9.21 Å². The zero-order chi connectivity index (χ0) is 10.8. The molecule has 2 aromatic heterocycles. The van der Waals surface area contributed by atoms with Crippen LogP contribution in [0.1, 0.15) is 16.1 Å². The molecule has 2 aromatic rings. The molecule has 0 atom stereocenters. The molecule has 2 heterocycles. The maximum atomic E-state index is 11.2. The largest absolute Gasteiger partial charge is 0.461 e. The maximum Gasteiger partial charge on any atom is 0.251 e. The molecular weight excluding hydrogens is 196 g/mol. The Morgan fingerprint density at radius 3 is 2.93 bits per heavy atom. The third kappa shape index (κ3) is 1.71. The summed E-state index contributed by atoms with van der Waals surface area (Å²) in [4.78, 5) is 28.1. The van der Waals surface area contributed by atoms with Gasteiger partial charge in [-0.15, -0.1) is 0 Å². The van der Waals surface area contributed by atoms with Crippen LogP contribution in [0.3, 0.4) is 0 Å². The van der Waals surface area contributed by atoms with Gasteiger partial charge in [0.2, 0.25) is 0 Å². The van der Waals surface area contributed by atoms with Crippen molar-refractivity contribution in [1.29, 1.82) is 0 Å². The minimum Gasteiger partial charge on any atom is -0.461 e. The summed E-state index contributed by atoms with van der Waals surface area (Å²) in [7, 11) is 0. The first-order chi connectivity index (χ1) is 7.20. The third-order valence-electron chi connectivity index (χ3n) is 1.96. The van der Waals surface area contributed by atoms with Gasteiger partial charge in [-0.25, -0.2) is 4.98 Å². The van der Waals surface area contributed by atoms with Crippen molar-refractivity contribution in [2.45, 2.75) is 6.92 Å². The van der Waals surface area contributed by atoms with Crippen molar-refractivity contribution in [2.75, 3.05) is 0 Å². The van der Waals surface area contributed by atoms with Gasteiger partial charge < -0.3 is 9.40 Å². The SMILES string of the molecule is Cc1ccoc1-c1nc(C=O)cc(=O)[nH]1. The summed E-state index contributed by atoms with van der Waals surface area (Å²) in [5, 5.41) is 0. The van der Waals surface area contributed by atoms with Gasteiger partial charge in [0.1, 0.15) is 5.69 Å². The molecule has 0 aliphatic heterocycles. The fourth-order valence-corrected chi connectivity index (χ4v) is 1.26. The summed E-state index contributed by atoms with van der Waals surface area (Å²) in [6, 6.07) is 2.89. The van der Waals surface area contributed by atoms with Crippen molar-refractivity contribution in [2.24, 2.45) is 0 Å². The molecule has 5 heteroatoms. The van der Waals surface area contributed by atoms with Crippen LogP contribution in [0, 0.1) is 6.92 Å². The lowest BCUT2D eigenvalue weighted by molar-refractivity contribution is 0.111. The second-order valence-corrected chi connectivity index (χ2v) is 3.07. The Hall–Kier alpha value is -2.17. The number of carbonyl (C=O) groups excluding carboxylic acids is 1. The van der Waals surface area contributed by atoms with E-state index in [1.807, 2.05) is 6.92 Å². The number of carbonyl (C=O) groups is 1. The highest BCUT2D eigenvalue weighted by Gasteiger charge is 2.09. The number of furan rings is 1. The molecule has 2 rings (SSSR count). The monoisotopic (exact) mass is 204 g/mol. The first kappa shape index (κ1) is 9.39. The van der Waals surface area contributed by atoms with E-state index in [0.717, 1.165) is 11.6 Å². The molecule has 0 fully saturated rings. The minimum atomic E-state index is -0.377. The van der Waals surface area contributed by atoms with E-state index in [2.05, 4.69) is 9.97 Å². The fraction of sp³-hybridized carbons (Fsp3) is 0.100. The lowest BCUT2D eigenvalue weighted by Crippen LogP contribution is -2.09. The Labute approximate surface area is 84.8 Å². The molecule has 0 spiro atoms. The van der Waals surface area contributed by atoms with Crippen LogP contribution in [-0.4, -0.2) is 16.3 Å². The second-order valence-electron chi connectivity index (χ2n) is 3.07. The summed E-state index contributed by atoms with van der Waals surface area (Å²) < 4.78 is 5.16. The minimum absolute atomic E-state index is 0.0875. The molecule has 0 unspecified atom stereocenters. The quantitative estimate of drug-likeness (QED) is 0.744. The highest BCUT2D eigenvalue weighted by atomic mass is 16.3. The molecule has 0 radical (unpaired) electrons. The van der Waals surface area contributed by atoms with Crippen LogP contribution < -0.4 is 5.56 Å². The molecule has 0 aliphatic rings. The van der Waals surface area contributed by atoms with Crippen LogP contribution in [0.4, 0.5) is 0 Å². The fourth-order valence-electron chi connectivity index (χ4n) is 1.26. The average molecular weight is 204 g/mol. The van der Waals surface area contributed by atoms with Gasteiger partial charge in [0.15, 0.2) is 17.9 Å². The first-order valence-electron chi connectivity index (χ1n) is 4.31. The Balaban J connectivity index is 2.63. The Morgan fingerprint density at radius 1 is 1.53 bits per heavy atom. The molecule has 76 valence electrons. The molecule has 15 heavy (non-hydrogen) atoms. The Kier molecular flexibility index (Phi) is 2.21. The van der Waals surface area contributed by atoms with Gasteiger partial charge in [-0.3, -0.25) is 9.59 Å². The van der Waals surface area contributed by atoms with E-state index in [0.29, 0.717) is 12.0 Å². The van der Waals surface area contributed by atoms with Gasteiger partial charge in [0, 0.05) is 6.07 Å². The van der Waals surface area contributed by atoms with Crippen LogP contribution in [-0.2, 0) is 0 Å². The van der Waals surface area contributed by atoms with E-state index in [1.54, 1.807) is 6.07 Å². The van der Waals surface area contributed by atoms with Crippen molar-refractivity contribution in [3.05, 3.63) is 40.0 Å². The van der Waals surface area contributed by atoms with Crippen LogP contribution in [0.5, 0.6) is 0 Å². The smallest absolute Gasteiger partial charge is 0.251 e. The topological polar surface area (TPSA) is 76.0 Å². The van der Waals surface area contributed by atoms with Gasteiger partial charge in [-0.1, -0.05) is 0 Å². The van der Waals surface area contributed by atoms with Crippen LogP contribution in [0.2, 0.25) is 0 Å². The standard InChI is InChI=1S/C10H8N2O3/c1-6-2-3-15-9(6)10-11-7(5-13)4-8(14)12-10/h2-5H,1H3,(H,11,12,14). The van der Waals surface area contributed by atoms with Crippen molar-refractivity contribution in [1.82, 2.24) is 9.97 Å². The van der Waals surface area contributed by atoms with E-state index < -0.39 is 0 Å². The Bertz CT molecular complexity index is 554. The summed E-state index contributed by atoms with van der Waals surface area (Å²) in [6.45, 7) is 1.83. The van der Waals surface area contributed by atoms with Gasteiger partial charge in [-0.2, -0.15) is 0 Å². The molecular formula is C10H8N2O3.